The minimum absolute atomic E-state index is 0.0851. The van der Waals surface area contributed by atoms with Crippen molar-refractivity contribution in [3.05, 3.63) is 82.8 Å². The van der Waals surface area contributed by atoms with Crippen LogP contribution >= 0.6 is 34.7 Å². The topological polar surface area (TPSA) is 67.8 Å². The third-order valence-corrected chi connectivity index (χ3v) is 6.92. The summed E-state index contributed by atoms with van der Waals surface area (Å²) in [6, 6.07) is 17.3. The number of halogens is 2. The van der Waals surface area contributed by atoms with Gasteiger partial charge in [-0.15, -0.1) is 21.5 Å². The van der Waals surface area contributed by atoms with Gasteiger partial charge in [-0.25, -0.2) is 9.37 Å². The summed E-state index contributed by atoms with van der Waals surface area (Å²) in [5.74, 6) is -0.117. The SMILES string of the molecule is Cc1nc(-c2ccc(F)cc2)sc1-c1ccc(SCC(=O)NCc2ccc(Cl)cc2)nn1. The highest BCUT2D eigenvalue weighted by Gasteiger charge is 2.13. The second-order valence-corrected chi connectivity index (χ2v) is 9.32. The fourth-order valence-electron chi connectivity index (χ4n) is 2.86. The van der Waals surface area contributed by atoms with Gasteiger partial charge in [0.1, 0.15) is 21.5 Å². The van der Waals surface area contributed by atoms with E-state index >= 15 is 0 Å². The normalized spacial score (nSPS) is 10.8. The van der Waals surface area contributed by atoms with Gasteiger partial charge in [-0.3, -0.25) is 4.79 Å². The van der Waals surface area contributed by atoms with E-state index in [1.807, 2.05) is 31.2 Å². The number of benzene rings is 2. The molecule has 0 spiro atoms. The van der Waals surface area contributed by atoms with Crippen LogP contribution in [0.3, 0.4) is 0 Å². The van der Waals surface area contributed by atoms with Crippen molar-refractivity contribution in [1.82, 2.24) is 20.5 Å². The molecule has 5 nitrogen and oxygen atoms in total. The van der Waals surface area contributed by atoms with Gasteiger partial charge < -0.3 is 5.32 Å². The molecule has 0 aliphatic rings. The van der Waals surface area contributed by atoms with Gasteiger partial charge in [0.05, 0.1) is 16.3 Å². The van der Waals surface area contributed by atoms with Crippen molar-refractivity contribution in [2.75, 3.05) is 5.75 Å². The molecule has 0 saturated carbocycles. The summed E-state index contributed by atoms with van der Waals surface area (Å²) in [6.45, 7) is 2.36. The van der Waals surface area contributed by atoms with Crippen molar-refractivity contribution < 1.29 is 9.18 Å². The highest BCUT2D eigenvalue weighted by molar-refractivity contribution is 7.99. The number of rotatable bonds is 7. The molecule has 9 heteroatoms. The first-order valence-electron chi connectivity index (χ1n) is 9.69. The molecular weight excluding hydrogens is 467 g/mol. The fraction of sp³-hybridized carbons (Fsp3) is 0.130. The van der Waals surface area contributed by atoms with Crippen LogP contribution in [0.4, 0.5) is 4.39 Å². The van der Waals surface area contributed by atoms with Crippen LogP contribution in [0, 0.1) is 12.7 Å². The van der Waals surface area contributed by atoms with E-state index < -0.39 is 0 Å². The maximum Gasteiger partial charge on any atom is 0.230 e. The standard InChI is InChI=1S/C23H18ClFN4OS2/c1-14-22(32-23(27-14)16-4-8-18(25)9-5-16)19-10-11-21(29-28-19)31-13-20(30)26-12-15-2-6-17(24)7-3-15/h2-11H,12-13H2,1H3,(H,26,30). The summed E-state index contributed by atoms with van der Waals surface area (Å²) in [5.41, 5.74) is 3.39. The Morgan fingerprint density at radius 3 is 2.50 bits per heavy atom. The van der Waals surface area contributed by atoms with Crippen molar-refractivity contribution in [2.45, 2.75) is 18.5 Å². The minimum atomic E-state index is -0.278. The number of nitrogens with one attached hydrogen (secondary N) is 1. The second kappa shape index (κ2) is 10.2. The number of aromatic nitrogens is 3. The third kappa shape index (κ3) is 5.70. The quantitative estimate of drug-likeness (QED) is 0.337. The van der Waals surface area contributed by atoms with Gasteiger partial charge in [-0.2, -0.15) is 0 Å². The van der Waals surface area contributed by atoms with Gasteiger partial charge in [0, 0.05) is 17.1 Å². The van der Waals surface area contributed by atoms with Gasteiger partial charge in [0.15, 0.2) is 0 Å². The smallest absolute Gasteiger partial charge is 0.230 e. The monoisotopic (exact) mass is 484 g/mol. The largest absolute Gasteiger partial charge is 0.351 e. The highest BCUT2D eigenvalue weighted by atomic mass is 35.5. The van der Waals surface area contributed by atoms with Gasteiger partial charge in [0.2, 0.25) is 5.91 Å². The molecule has 0 saturated heterocycles. The Hall–Kier alpha value is -2.81. The first-order chi connectivity index (χ1) is 15.5. The molecule has 4 rings (SSSR count). The van der Waals surface area contributed by atoms with Crippen LogP contribution in [0.1, 0.15) is 11.3 Å². The van der Waals surface area contributed by atoms with Gasteiger partial charge in [0.25, 0.3) is 0 Å². The molecule has 2 heterocycles. The Morgan fingerprint density at radius 1 is 1.06 bits per heavy atom. The van der Waals surface area contributed by atoms with E-state index in [-0.39, 0.29) is 17.5 Å². The number of amides is 1. The van der Waals surface area contributed by atoms with Crippen molar-refractivity contribution in [3.63, 3.8) is 0 Å². The van der Waals surface area contributed by atoms with E-state index in [4.69, 9.17) is 11.6 Å². The van der Waals surface area contributed by atoms with E-state index in [1.165, 1.54) is 35.2 Å². The summed E-state index contributed by atoms with van der Waals surface area (Å²) in [7, 11) is 0. The molecule has 0 bridgehead atoms. The van der Waals surface area contributed by atoms with Crippen molar-refractivity contribution in [2.24, 2.45) is 0 Å². The van der Waals surface area contributed by atoms with Gasteiger partial charge >= 0.3 is 0 Å². The number of nitrogens with zero attached hydrogens (tertiary/aromatic N) is 3. The molecule has 32 heavy (non-hydrogen) atoms. The lowest BCUT2D eigenvalue weighted by Crippen LogP contribution is -2.24. The van der Waals surface area contributed by atoms with E-state index in [0.29, 0.717) is 22.3 Å². The molecule has 2 aromatic heterocycles. The van der Waals surface area contributed by atoms with Crippen LogP contribution < -0.4 is 5.32 Å². The summed E-state index contributed by atoms with van der Waals surface area (Å²) in [6.07, 6.45) is 0. The molecule has 1 N–H and O–H groups in total. The summed E-state index contributed by atoms with van der Waals surface area (Å²) < 4.78 is 13.2. The van der Waals surface area contributed by atoms with Gasteiger partial charge in [-0.1, -0.05) is 35.5 Å². The molecule has 0 aliphatic carbocycles. The number of thioether (sulfide) groups is 1. The predicted molar refractivity (Wildman–Crippen MR) is 127 cm³/mol. The Labute approximate surface area is 198 Å². The molecule has 0 unspecified atom stereocenters. The van der Waals surface area contributed by atoms with Crippen LogP contribution in [0.5, 0.6) is 0 Å². The highest BCUT2D eigenvalue weighted by Crippen LogP contribution is 2.34. The molecule has 162 valence electrons. The second-order valence-electron chi connectivity index (χ2n) is 6.89. The Balaban J connectivity index is 1.34. The molecular formula is C23H18ClFN4OS2. The maximum atomic E-state index is 13.2. The minimum Gasteiger partial charge on any atom is -0.351 e. The zero-order chi connectivity index (χ0) is 22.5. The van der Waals surface area contributed by atoms with Crippen LogP contribution in [0.15, 0.2) is 65.7 Å². The zero-order valence-corrected chi connectivity index (χ0v) is 19.4. The third-order valence-electron chi connectivity index (χ3n) is 4.51. The first-order valence-corrected chi connectivity index (χ1v) is 11.9. The van der Waals surface area contributed by atoms with E-state index in [0.717, 1.165) is 26.7 Å². The van der Waals surface area contributed by atoms with Crippen LogP contribution in [-0.4, -0.2) is 26.8 Å². The maximum absolute atomic E-state index is 13.2. The molecule has 4 aromatic rings. The van der Waals surface area contributed by atoms with E-state index in [1.54, 1.807) is 24.3 Å². The Bertz CT molecular complexity index is 1210. The van der Waals surface area contributed by atoms with E-state index in [2.05, 4.69) is 20.5 Å². The number of carbonyl (C=O) groups excluding carboxylic acids is 1. The fourth-order valence-corrected chi connectivity index (χ4v) is 4.67. The molecule has 0 fully saturated rings. The summed E-state index contributed by atoms with van der Waals surface area (Å²) in [4.78, 5) is 17.6. The predicted octanol–water partition coefficient (Wildman–Crippen LogP) is 5.78. The average Bonchev–Trinajstić information content (AvgIpc) is 3.19. The van der Waals surface area contributed by atoms with Crippen molar-refractivity contribution in [1.29, 1.82) is 0 Å². The molecule has 2 aromatic carbocycles. The summed E-state index contributed by atoms with van der Waals surface area (Å²) in [5, 5.41) is 13.5. The lowest BCUT2D eigenvalue weighted by atomic mass is 10.2. The molecule has 0 radical (unpaired) electrons. The first kappa shape index (κ1) is 22.4. The number of carbonyl (C=O) groups is 1. The molecule has 0 atom stereocenters. The summed E-state index contributed by atoms with van der Waals surface area (Å²) >= 11 is 8.68. The van der Waals surface area contributed by atoms with Gasteiger partial charge in [-0.05, 0) is 61.0 Å². The van der Waals surface area contributed by atoms with Crippen LogP contribution in [0.2, 0.25) is 5.02 Å². The Morgan fingerprint density at radius 2 is 1.81 bits per heavy atom. The van der Waals surface area contributed by atoms with Crippen LogP contribution in [0.25, 0.3) is 21.1 Å². The number of hydrogen-bond acceptors (Lipinski definition) is 6. The molecule has 1 amide bonds. The van der Waals surface area contributed by atoms with Crippen LogP contribution in [-0.2, 0) is 11.3 Å². The number of thiazole rings is 1. The lowest BCUT2D eigenvalue weighted by Gasteiger charge is -2.05. The molecule has 0 aliphatic heterocycles. The van der Waals surface area contributed by atoms with Crippen molar-refractivity contribution in [3.8, 4) is 21.1 Å². The number of hydrogen-bond donors (Lipinski definition) is 1. The van der Waals surface area contributed by atoms with Crippen molar-refractivity contribution >= 4 is 40.6 Å². The zero-order valence-electron chi connectivity index (χ0n) is 17.0. The Kier molecular flexibility index (Phi) is 7.14. The van der Waals surface area contributed by atoms with E-state index in [9.17, 15) is 9.18 Å². The lowest BCUT2D eigenvalue weighted by molar-refractivity contribution is -0.118. The number of aryl methyl sites for hydroxylation is 1. The average molecular weight is 485 g/mol.